The minimum absolute atomic E-state index is 0.115. The number of hydrogen-bond acceptors (Lipinski definition) is 6. The number of nitrogens with zero attached hydrogens (tertiary/aromatic N) is 1. The van der Waals surface area contributed by atoms with Gasteiger partial charge in [-0.1, -0.05) is 12.1 Å². The van der Waals surface area contributed by atoms with Gasteiger partial charge in [0.1, 0.15) is 0 Å². The topological polar surface area (TPSA) is 71.4 Å². The largest absolute Gasteiger partial charge is 0.504 e. The summed E-state index contributed by atoms with van der Waals surface area (Å²) >= 11 is 0. The monoisotopic (exact) mass is 345 g/mol. The van der Waals surface area contributed by atoms with Crippen molar-refractivity contribution in [2.75, 3.05) is 20.4 Å². The molecule has 6 nitrogen and oxygen atoms in total. The van der Waals surface area contributed by atoms with Crippen molar-refractivity contribution in [3.8, 4) is 23.0 Å². The summed E-state index contributed by atoms with van der Waals surface area (Å²) < 4.78 is 15.9. The molecule has 0 bridgehead atoms. The van der Waals surface area contributed by atoms with E-state index in [1.54, 1.807) is 13.0 Å². The lowest BCUT2D eigenvalue weighted by Gasteiger charge is -2.24. The number of aromatic hydroxyl groups is 1. The van der Waals surface area contributed by atoms with Crippen molar-refractivity contribution < 1.29 is 24.4 Å². The molecule has 25 heavy (non-hydrogen) atoms. The molecular weight excluding hydrogens is 322 g/mol. The zero-order valence-electron chi connectivity index (χ0n) is 14.4. The number of fused-ring (bicyclic) bond motifs is 1. The maximum Gasteiger partial charge on any atom is 0.231 e. The molecule has 2 aromatic rings. The second-order valence-electron chi connectivity index (χ2n) is 6.21. The van der Waals surface area contributed by atoms with E-state index in [4.69, 9.17) is 14.2 Å². The third-order valence-corrected chi connectivity index (χ3v) is 4.02. The summed E-state index contributed by atoms with van der Waals surface area (Å²) in [6.07, 6.45) is -0.451. The highest BCUT2D eigenvalue weighted by molar-refractivity contribution is 5.44. The second-order valence-corrected chi connectivity index (χ2v) is 6.21. The van der Waals surface area contributed by atoms with E-state index in [0.717, 1.165) is 22.6 Å². The summed E-state index contributed by atoms with van der Waals surface area (Å²) in [4.78, 5) is 2.13. The number of rotatable bonds is 7. The van der Waals surface area contributed by atoms with E-state index >= 15 is 0 Å². The van der Waals surface area contributed by atoms with E-state index in [9.17, 15) is 10.2 Å². The van der Waals surface area contributed by atoms with E-state index in [1.165, 1.54) is 7.11 Å². The predicted octanol–water partition coefficient (Wildman–Crippen LogP) is 2.51. The van der Waals surface area contributed by atoms with Gasteiger partial charge in [-0.3, -0.25) is 4.90 Å². The zero-order chi connectivity index (χ0) is 17.8. The molecule has 0 saturated carbocycles. The van der Waals surface area contributed by atoms with Gasteiger partial charge >= 0.3 is 0 Å². The number of ether oxygens (including phenoxy) is 3. The van der Waals surface area contributed by atoms with Gasteiger partial charge in [-0.25, -0.2) is 0 Å². The van der Waals surface area contributed by atoms with Crippen LogP contribution in [0.25, 0.3) is 0 Å². The first-order valence-corrected chi connectivity index (χ1v) is 8.20. The van der Waals surface area contributed by atoms with Gasteiger partial charge in [0, 0.05) is 19.6 Å². The highest BCUT2D eigenvalue weighted by Crippen LogP contribution is 2.33. The van der Waals surface area contributed by atoms with Crippen LogP contribution < -0.4 is 14.2 Å². The first-order chi connectivity index (χ1) is 12.0. The zero-order valence-corrected chi connectivity index (χ0v) is 14.4. The number of aliphatic hydroxyl groups excluding tert-OH is 1. The maximum atomic E-state index is 9.83. The highest BCUT2D eigenvalue weighted by atomic mass is 16.7. The molecule has 1 heterocycles. The lowest BCUT2D eigenvalue weighted by atomic mass is 10.1. The normalized spacial score (nSPS) is 13.9. The number of aliphatic hydroxyl groups is 1. The number of methoxy groups -OCH3 is 1. The van der Waals surface area contributed by atoms with Gasteiger partial charge in [0.2, 0.25) is 6.79 Å². The van der Waals surface area contributed by atoms with E-state index in [2.05, 4.69) is 4.90 Å². The molecular formula is C19H23NO5. The molecule has 1 aliphatic rings. The van der Waals surface area contributed by atoms with Crippen LogP contribution in [-0.4, -0.2) is 41.7 Å². The molecule has 1 aliphatic heterocycles. The van der Waals surface area contributed by atoms with Crippen LogP contribution in [0.5, 0.6) is 23.0 Å². The van der Waals surface area contributed by atoms with Crippen LogP contribution in [0.1, 0.15) is 18.1 Å². The van der Waals surface area contributed by atoms with Crippen molar-refractivity contribution in [2.24, 2.45) is 0 Å². The quantitative estimate of drug-likeness (QED) is 0.803. The SMILES string of the molecule is COc1cc(CN(Cc2ccc3c(c2)OCO3)C[C@@H](C)O)ccc1O. The minimum Gasteiger partial charge on any atom is -0.504 e. The smallest absolute Gasteiger partial charge is 0.231 e. The first kappa shape index (κ1) is 17.4. The van der Waals surface area contributed by atoms with Gasteiger partial charge in [0.15, 0.2) is 23.0 Å². The van der Waals surface area contributed by atoms with E-state index in [-0.39, 0.29) is 12.5 Å². The Morgan fingerprint density at radius 1 is 1.08 bits per heavy atom. The minimum atomic E-state index is -0.451. The Morgan fingerprint density at radius 3 is 2.48 bits per heavy atom. The van der Waals surface area contributed by atoms with E-state index < -0.39 is 6.10 Å². The van der Waals surface area contributed by atoms with Crippen LogP contribution >= 0.6 is 0 Å². The standard InChI is InChI=1S/C19H23NO5/c1-13(21)9-20(10-14-3-5-16(22)18(7-14)23-2)11-15-4-6-17-19(8-15)25-12-24-17/h3-8,13,21-22H,9-12H2,1-2H3/t13-/m1/s1. The Labute approximate surface area is 147 Å². The number of phenols is 1. The van der Waals surface area contributed by atoms with Crippen LogP contribution in [0, 0.1) is 0 Å². The number of hydrogen-bond donors (Lipinski definition) is 2. The van der Waals surface area contributed by atoms with Crippen molar-refractivity contribution >= 4 is 0 Å². The fourth-order valence-electron chi connectivity index (χ4n) is 2.93. The molecule has 2 N–H and O–H groups in total. The van der Waals surface area contributed by atoms with Gasteiger partial charge in [-0.2, -0.15) is 0 Å². The van der Waals surface area contributed by atoms with Crippen LogP contribution in [0.4, 0.5) is 0 Å². The molecule has 0 spiro atoms. The van der Waals surface area contributed by atoms with Crippen molar-refractivity contribution in [2.45, 2.75) is 26.1 Å². The lowest BCUT2D eigenvalue weighted by molar-refractivity contribution is 0.118. The second kappa shape index (κ2) is 7.63. The molecule has 0 unspecified atom stereocenters. The number of benzene rings is 2. The summed E-state index contributed by atoms with van der Waals surface area (Å²) in [5.74, 6) is 2.07. The summed E-state index contributed by atoms with van der Waals surface area (Å²) in [5.41, 5.74) is 2.08. The van der Waals surface area contributed by atoms with Crippen LogP contribution in [0.3, 0.4) is 0 Å². The Morgan fingerprint density at radius 2 is 1.76 bits per heavy atom. The van der Waals surface area contributed by atoms with Gasteiger partial charge in [-0.05, 0) is 42.3 Å². The van der Waals surface area contributed by atoms with E-state index in [0.29, 0.717) is 25.4 Å². The van der Waals surface area contributed by atoms with Gasteiger partial charge in [-0.15, -0.1) is 0 Å². The summed E-state index contributed by atoms with van der Waals surface area (Å²) in [7, 11) is 1.53. The Bertz CT molecular complexity index is 719. The Hall–Kier alpha value is -2.44. The summed E-state index contributed by atoms with van der Waals surface area (Å²) in [6.45, 7) is 3.83. The van der Waals surface area contributed by atoms with E-state index in [1.807, 2.05) is 30.3 Å². The van der Waals surface area contributed by atoms with Crippen LogP contribution in [0.15, 0.2) is 36.4 Å². The predicted molar refractivity (Wildman–Crippen MR) is 93.0 cm³/mol. The fraction of sp³-hybridized carbons (Fsp3) is 0.368. The lowest BCUT2D eigenvalue weighted by Crippen LogP contribution is -2.30. The number of phenolic OH excluding ortho intramolecular Hbond substituents is 1. The summed E-state index contributed by atoms with van der Waals surface area (Å²) in [6, 6.07) is 11.2. The molecule has 0 fully saturated rings. The molecule has 0 amide bonds. The molecule has 0 aliphatic carbocycles. The van der Waals surface area contributed by atoms with Crippen molar-refractivity contribution in [1.82, 2.24) is 4.90 Å². The molecule has 2 aromatic carbocycles. The molecule has 0 radical (unpaired) electrons. The highest BCUT2D eigenvalue weighted by Gasteiger charge is 2.16. The van der Waals surface area contributed by atoms with Crippen molar-refractivity contribution in [3.63, 3.8) is 0 Å². The van der Waals surface area contributed by atoms with Gasteiger partial charge in [0.25, 0.3) is 0 Å². The molecule has 1 atom stereocenters. The molecule has 6 heteroatoms. The maximum absolute atomic E-state index is 9.83. The molecule has 0 aromatic heterocycles. The summed E-state index contributed by atoms with van der Waals surface area (Å²) in [5, 5.41) is 19.6. The third-order valence-electron chi connectivity index (χ3n) is 4.02. The van der Waals surface area contributed by atoms with Crippen molar-refractivity contribution in [1.29, 1.82) is 0 Å². The average Bonchev–Trinajstić information content (AvgIpc) is 3.03. The molecule has 0 saturated heterocycles. The Kier molecular flexibility index (Phi) is 5.31. The van der Waals surface area contributed by atoms with Gasteiger partial charge < -0.3 is 24.4 Å². The molecule has 134 valence electrons. The van der Waals surface area contributed by atoms with Gasteiger partial charge in [0.05, 0.1) is 13.2 Å². The Balaban J connectivity index is 1.75. The average molecular weight is 345 g/mol. The fourth-order valence-corrected chi connectivity index (χ4v) is 2.93. The molecule has 3 rings (SSSR count). The first-order valence-electron chi connectivity index (χ1n) is 8.20. The van der Waals surface area contributed by atoms with Crippen molar-refractivity contribution in [3.05, 3.63) is 47.5 Å². The third kappa shape index (κ3) is 4.35. The van der Waals surface area contributed by atoms with Crippen LogP contribution in [0.2, 0.25) is 0 Å². The van der Waals surface area contributed by atoms with Crippen LogP contribution in [-0.2, 0) is 13.1 Å².